The van der Waals surface area contributed by atoms with Gasteiger partial charge in [0.15, 0.2) is 0 Å². The molecule has 0 amide bonds. The lowest BCUT2D eigenvalue weighted by molar-refractivity contribution is 0.341. The molecule has 0 aromatic carbocycles. The van der Waals surface area contributed by atoms with Crippen LogP contribution in [0.1, 0.15) is 11.3 Å². The molecule has 0 aliphatic carbocycles. The Labute approximate surface area is 66.2 Å². The van der Waals surface area contributed by atoms with Gasteiger partial charge in [-0.1, -0.05) is 6.58 Å². The highest BCUT2D eigenvalue weighted by Crippen LogP contribution is 2.09. The summed E-state index contributed by atoms with van der Waals surface area (Å²) in [6.45, 7) is 3.67. The quantitative estimate of drug-likeness (QED) is 0.655. The van der Waals surface area contributed by atoms with Crippen LogP contribution >= 0.6 is 0 Å². The summed E-state index contributed by atoms with van der Waals surface area (Å²) in [6.07, 6.45) is 7.16. The van der Waals surface area contributed by atoms with Gasteiger partial charge < -0.3 is 9.72 Å². The molecule has 0 spiro atoms. The van der Waals surface area contributed by atoms with Gasteiger partial charge in [-0.3, -0.25) is 0 Å². The maximum Gasteiger partial charge on any atom is 0.0831 e. The Morgan fingerprint density at radius 3 is 3.09 bits per heavy atom. The van der Waals surface area contributed by atoms with E-state index < -0.39 is 0 Å². The van der Waals surface area contributed by atoms with E-state index in [1.165, 1.54) is 0 Å². The third-order valence-corrected chi connectivity index (χ3v) is 1.40. The second kappa shape index (κ2) is 3.66. The zero-order chi connectivity index (χ0) is 8.10. The Morgan fingerprint density at radius 2 is 2.45 bits per heavy atom. The summed E-state index contributed by atoms with van der Waals surface area (Å²) in [5.41, 5.74) is 2.10. The van der Waals surface area contributed by atoms with Crippen molar-refractivity contribution < 1.29 is 4.74 Å². The number of rotatable bonds is 3. The minimum atomic E-state index is 1.01. The monoisotopic (exact) mass is 149 g/mol. The number of aromatic amines is 1. The van der Waals surface area contributed by atoms with E-state index in [4.69, 9.17) is 4.74 Å². The summed E-state index contributed by atoms with van der Waals surface area (Å²) < 4.78 is 4.79. The van der Waals surface area contributed by atoms with Crippen LogP contribution in [0.2, 0.25) is 0 Å². The number of methoxy groups -OCH3 is 1. The molecule has 0 aliphatic heterocycles. The molecule has 2 nitrogen and oxygen atoms in total. The minimum absolute atomic E-state index is 1.01. The fraction of sp³-hybridized carbons (Fsp3) is 0.111. The third kappa shape index (κ3) is 1.74. The van der Waals surface area contributed by atoms with Gasteiger partial charge in [0.05, 0.1) is 13.4 Å². The van der Waals surface area contributed by atoms with Gasteiger partial charge in [-0.2, -0.15) is 0 Å². The van der Waals surface area contributed by atoms with E-state index in [0.717, 1.165) is 11.3 Å². The molecule has 1 aromatic heterocycles. The largest absolute Gasteiger partial charge is 0.504 e. The van der Waals surface area contributed by atoms with E-state index in [1.807, 2.05) is 18.3 Å². The van der Waals surface area contributed by atoms with Crippen molar-refractivity contribution in [3.05, 3.63) is 36.4 Å². The maximum atomic E-state index is 4.79. The van der Waals surface area contributed by atoms with Gasteiger partial charge in [-0.05, 0) is 18.2 Å². The molecule has 0 saturated carbocycles. The second-order valence-corrected chi connectivity index (χ2v) is 2.09. The molecule has 0 radical (unpaired) electrons. The predicted octanol–water partition coefficient (Wildman–Crippen LogP) is 2.27. The lowest BCUT2D eigenvalue weighted by atomic mass is 10.2. The molecule has 0 aliphatic rings. The lowest BCUT2D eigenvalue weighted by Crippen LogP contribution is -1.73. The number of H-pyrrole nitrogens is 1. The summed E-state index contributed by atoms with van der Waals surface area (Å²) >= 11 is 0. The van der Waals surface area contributed by atoms with Crippen molar-refractivity contribution in [2.45, 2.75) is 0 Å². The van der Waals surface area contributed by atoms with Crippen LogP contribution in [0.15, 0.2) is 25.1 Å². The topological polar surface area (TPSA) is 25.0 Å². The minimum Gasteiger partial charge on any atom is -0.504 e. The highest BCUT2D eigenvalue weighted by atomic mass is 16.5. The highest BCUT2D eigenvalue weighted by Gasteiger charge is 1.93. The highest BCUT2D eigenvalue weighted by molar-refractivity contribution is 5.61. The summed E-state index contributed by atoms with van der Waals surface area (Å²) in [6, 6.07) is 1.96. The van der Waals surface area contributed by atoms with Crippen molar-refractivity contribution in [2.75, 3.05) is 7.11 Å². The Balaban J connectivity index is 2.84. The van der Waals surface area contributed by atoms with Crippen LogP contribution in [0.25, 0.3) is 12.2 Å². The van der Waals surface area contributed by atoms with Crippen LogP contribution in [-0.4, -0.2) is 12.1 Å². The average molecular weight is 149 g/mol. The molecule has 1 rings (SSSR count). The first-order chi connectivity index (χ1) is 5.38. The first-order valence-corrected chi connectivity index (χ1v) is 3.37. The Kier molecular flexibility index (Phi) is 2.55. The van der Waals surface area contributed by atoms with Gasteiger partial charge in [0, 0.05) is 17.5 Å². The first kappa shape index (κ1) is 7.66. The molecular weight excluding hydrogens is 138 g/mol. The summed E-state index contributed by atoms with van der Waals surface area (Å²) in [5, 5.41) is 0. The van der Waals surface area contributed by atoms with Gasteiger partial charge in [0.2, 0.25) is 0 Å². The molecule has 0 atom stereocenters. The SMILES string of the molecule is C=Cc1[nH]ccc1/C=C/OC. The van der Waals surface area contributed by atoms with Crippen molar-refractivity contribution >= 4 is 12.2 Å². The van der Waals surface area contributed by atoms with Crippen LogP contribution in [0.3, 0.4) is 0 Å². The van der Waals surface area contributed by atoms with Crippen molar-refractivity contribution in [1.82, 2.24) is 4.98 Å². The molecule has 1 N–H and O–H groups in total. The molecule has 0 bridgehead atoms. The average Bonchev–Trinajstić information content (AvgIpc) is 2.47. The maximum absolute atomic E-state index is 4.79. The molecular formula is C9H11NO. The van der Waals surface area contributed by atoms with Gasteiger partial charge in [0.1, 0.15) is 0 Å². The Morgan fingerprint density at radius 1 is 1.64 bits per heavy atom. The Bertz CT molecular complexity index is 260. The molecule has 0 saturated heterocycles. The van der Waals surface area contributed by atoms with Crippen molar-refractivity contribution in [3.8, 4) is 0 Å². The van der Waals surface area contributed by atoms with E-state index in [2.05, 4.69) is 11.6 Å². The second-order valence-electron chi connectivity index (χ2n) is 2.09. The molecule has 0 fully saturated rings. The number of nitrogens with one attached hydrogen (secondary N) is 1. The number of hydrogen-bond acceptors (Lipinski definition) is 1. The van der Waals surface area contributed by atoms with Crippen molar-refractivity contribution in [3.63, 3.8) is 0 Å². The van der Waals surface area contributed by atoms with Crippen LogP contribution in [0.4, 0.5) is 0 Å². The van der Waals surface area contributed by atoms with Crippen LogP contribution in [0.5, 0.6) is 0 Å². The number of hydrogen-bond donors (Lipinski definition) is 1. The first-order valence-electron chi connectivity index (χ1n) is 3.37. The zero-order valence-electron chi connectivity index (χ0n) is 6.50. The van der Waals surface area contributed by atoms with E-state index in [1.54, 1.807) is 19.4 Å². The molecule has 58 valence electrons. The van der Waals surface area contributed by atoms with E-state index in [-0.39, 0.29) is 0 Å². The molecule has 11 heavy (non-hydrogen) atoms. The summed E-state index contributed by atoms with van der Waals surface area (Å²) in [4.78, 5) is 3.04. The fourth-order valence-corrected chi connectivity index (χ4v) is 0.858. The number of ether oxygens (including phenoxy) is 1. The molecule has 0 unspecified atom stereocenters. The number of aromatic nitrogens is 1. The molecule has 1 aromatic rings. The molecule has 2 heteroatoms. The smallest absolute Gasteiger partial charge is 0.0831 e. The van der Waals surface area contributed by atoms with Crippen molar-refractivity contribution in [1.29, 1.82) is 0 Å². The Hall–Kier alpha value is -1.44. The fourth-order valence-electron chi connectivity index (χ4n) is 0.858. The van der Waals surface area contributed by atoms with E-state index in [9.17, 15) is 0 Å². The van der Waals surface area contributed by atoms with E-state index in [0.29, 0.717) is 0 Å². The standard InChI is InChI=1S/C9H11NO/c1-3-9-8(4-6-10-9)5-7-11-2/h3-7,10H,1H2,2H3/b7-5+. The lowest BCUT2D eigenvalue weighted by Gasteiger charge is -1.90. The van der Waals surface area contributed by atoms with Crippen LogP contribution < -0.4 is 0 Å². The van der Waals surface area contributed by atoms with Crippen molar-refractivity contribution in [2.24, 2.45) is 0 Å². The van der Waals surface area contributed by atoms with Crippen LogP contribution in [-0.2, 0) is 4.74 Å². The van der Waals surface area contributed by atoms with E-state index >= 15 is 0 Å². The molecule has 1 heterocycles. The predicted molar refractivity (Wildman–Crippen MR) is 46.9 cm³/mol. The normalized spacial score (nSPS) is 10.3. The third-order valence-electron chi connectivity index (χ3n) is 1.40. The summed E-state index contributed by atoms with van der Waals surface area (Å²) in [5.74, 6) is 0. The van der Waals surface area contributed by atoms with Gasteiger partial charge in [-0.25, -0.2) is 0 Å². The van der Waals surface area contributed by atoms with Gasteiger partial charge in [0.25, 0.3) is 0 Å². The zero-order valence-corrected chi connectivity index (χ0v) is 6.50. The summed E-state index contributed by atoms with van der Waals surface area (Å²) in [7, 11) is 1.62. The van der Waals surface area contributed by atoms with Gasteiger partial charge >= 0.3 is 0 Å². The van der Waals surface area contributed by atoms with Crippen LogP contribution in [0, 0.1) is 0 Å². The van der Waals surface area contributed by atoms with Gasteiger partial charge in [-0.15, -0.1) is 0 Å².